The van der Waals surface area contributed by atoms with E-state index in [0.29, 0.717) is 6.04 Å². The molecular formula is C15H20BrN. The first-order valence-electron chi connectivity index (χ1n) is 6.85. The van der Waals surface area contributed by atoms with Gasteiger partial charge in [0.1, 0.15) is 0 Å². The third-order valence-corrected chi connectivity index (χ3v) is 4.99. The summed E-state index contributed by atoms with van der Waals surface area (Å²) in [6.07, 6.45) is 9.36. The number of nitrogens with one attached hydrogen (secondary N) is 1. The maximum atomic E-state index is 3.86. The zero-order valence-electron chi connectivity index (χ0n) is 10.2. The molecule has 1 aromatic rings. The summed E-state index contributed by atoms with van der Waals surface area (Å²) >= 11 is 3.67. The van der Waals surface area contributed by atoms with Crippen LogP contribution in [0, 0.1) is 0 Å². The van der Waals surface area contributed by atoms with E-state index in [4.69, 9.17) is 0 Å². The van der Waals surface area contributed by atoms with Crippen LogP contribution in [0.25, 0.3) is 0 Å². The second-order valence-electron chi connectivity index (χ2n) is 5.47. The first-order chi connectivity index (χ1) is 8.33. The molecule has 0 heterocycles. The number of hydrogen-bond donors (Lipinski definition) is 1. The minimum atomic E-state index is 0.708. The fourth-order valence-electron chi connectivity index (χ4n) is 3.33. The van der Waals surface area contributed by atoms with Crippen molar-refractivity contribution in [2.75, 3.05) is 0 Å². The maximum absolute atomic E-state index is 3.86. The molecule has 92 valence electrons. The Morgan fingerprint density at radius 2 is 1.88 bits per heavy atom. The molecule has 1 fully saturated rings. The van der Waals surface area contributed by atoms with Gasteiger partial charge >= 0.3 is 0 Å². The van der Waals surface area contributed by atoms with E-state index >= 15 is 0 Å². The lowest BCUT2D eigenvalue weighted by atomic mass is 9.88. The maximum Gasteiger partial charge on any atom is 0.0210 e. The fourth-order valence-corrected chi connectivity index (χ4v) is 3.93. The Morgan fingerprint density at radius 3 is 2.71 bits per heavy atom. The Balaban J connectivity index is 1.68. The molecule has 1 nitrogen and oxygen atoms in total. The van der Waals surface area contributed by atoms with E-state index in [1.807, 2.05) is 0 Å². The summed E-state index contributed by atoms with van der Waals surface area (Å²) in [5.74, 6) is 0. The molecular weight excluding hydrogens is 274 g/mol. The van der Waals surface area contributed by atoms with Crippen molar-refractivity contribution in [1.29, 1.82) is 0 Å². The molecule has 1 N–H and O–H groups in total. The SMILES string of the molecule is Brc1cccc2c1CCC(NC1CCCC1)C2. The molecule has 2 aliphatic carbocycles. The van der Waals surface area contributed by atoms with E-state index in [1.54, 1.807) is 5.56 Å². The van der Waals surface area contributed by atoms with Crippen molar-refractivity contribution in [1.82, 2.24) is 5.32 Å². The van der Waals surface area contributed by atoms with Crippen molar-refractivity contribution >= 4 is 15.9 Å². The molecule has 17 heavy (non-hydrogen) atoms. The number of benzene rings is 1. The molecule has 1 unspecified atom stereocenters. The van der Waals surface area contributed by atoms with Crippen molar-refractivity contribution in [3.8, 4) is 0 Å². The summed E-state index contributed by atoms with van der Waals surface area (Å²) in [5, 5.41) is 3.86. The second kappa shape index (κ2) is 5.11. The van der Waals surface area contributed by atoms with E-state index in [0.717, 1.165) is 6.04 Å². The predicted molar refractivity (Wildman–Crippen MR) is 75.3 cm³/mol. The monoisotopic (exact) mass is 293 g/mol. The topological polar surface area (TPSA) is 12.0 Å². The van der Waals surface area contributed by atoms with Gasteiger partial charge in [0.15, 0.2) is 0 Å². The van der Waals surface area contributed by atoms with Crippen molar-refractivity contribution in [3.05, 3.63) is 33.8 Å². The Bertz CT molecular complexity index is 396. The van der Waals surface area contributed by atoms with E-state index in [-0.39, 0.29) is 0 Å². The molecule has 3 rings (SSSR count). The standard InChI is InChI=1S/C15H20BrN/c16-15-7-3-4-11-10-13(8-9-14(11)15)17-12-5-1-2-6-12/h3-4,7,12-13,17H,1-2,5-6,8-10H2. The van der Waals surface area contributed by atoms with Crippen molar-refractivity contribution < 1.29 is 0 Å². The summed E-state index contributed by atoms with van der Waals surface area (Å²) in [6, 6.07) is 8.14. The summed E-state index contributed by atoms with van der Waals surface area (Å²) in [4.78, 5) is 0. The van der Waals surface area contributed by atoms with Crippen molar-refractivity contribution in [2.24, 2.45) is 0 Å². The number of hydrogen-bond acceptors (Lipinski definition) is 1. The summed E-state index contributed by atoms with van der Waals surface area (Å²) in [5.41, 5.74) is 3.08. The summed E-state index contributed by atoms with van der Waals surface area (Å²) < 4.78 is 1.30. The third kappa shape index (κ3) is 2.58. The van der Waals surface area contributed by atoms with Crippen molar-refractivity contribution in [2.45, 2.75) is 57.0 Å². The lowest BCUT2D eigenvalue weighted by Crippen LogP contribution is -2.40. The van der Waals surface area contributed by atoms with Gasteiger partial charge in [0.2, 0.25) is 0 Å². The average Bonchev–Trinajstić information content (AvgIpc) is 2.82. The number of fused-ring (bicyclic) bond motifs is 1. The molecule has 1 atom stereocenters. The first-order valence-corrected chi connectivity index (χ1v) is 7.64. The molecule has 0 aromatic heterocycles. The minimum absolute atomic E-state index is 0.708. The highest BCUT2D eigenvalue weighted by molar-refractivity contribution is 9.10. The Labute approximate surface area is 112 Å². The van der Waals surface area contributed by atoms with Gasteiger partial charge in [-0.05, 0) is 49.3 Å². The second-order valence-corrected chi connectivity index (χ2v) is 6.32. The van der Waals surface area contributed by atoms with Gasteiger partial charge in [0, 0.05) is 16.6 Å². The van der Waals surface area contributed by atoms with Crippen LogP contribution in [-0.2, 0) is 12.8 Å². The quantitative estimate of drug-likeness (QED) is 0.874. The highest BCUT2D eigenvalue weighted by atomic mass is 79.9. The molecule has 2 heteroatoms. The zero-order valence-corrected chi connectivity index (χ0v) is 11.8. The highest BCUT2D eigenvalue weighted by Gasteiger charge is 2.23. The smallest absolute Gasteiger partial charge is 0.0210 e. The van der Waals surface area contributed by atoms with Crippen LogP contribution in [0.1, 0.15) is 43.2 Å². The molecule has 0 amide bonds. The predicted octanol–water partition coefficient (Wildman–Crippen LogP) is 3.84. The van der Waals surface area contributed by atoms with E-state index in [9.17, 15) is 0 Å². The number of halogens is 1. The average molecular weight is 294 g/mol. The molecule has 0 radical (unpaired) electrons. The van der Waals surface area contributed by atoms with Gasteiger partial charge in [-0.1, -0.05) is 40.9 Å². The largest absolute Gasteiger partial charge is 0.311 e. The van der Waals surface area contributed by atoms with E-state index in [2.05, 4.69) is 39.4 Å². The van der Waals surface area contributed by atoms with Crippen LogP contribution in [0.3, 0.4) is 0 Å². The molecule has 0 bridgehead atoms. The van der Waals surface area contributed by atoms with Gasteiger partial charge in [-0.15, -0.1) is 0 Å². The van der Waals surface area contributed by atoms with Crippen LogP contribution in [0.5, 0.6) is 0 Å². The zero-order chi connectivity index (χ0) is 11.7. The summed E-state index contributed by atoms with van der Waals surface area (Å²) in [7, 11) is 0. The van der Waals surface area contributed by atoms with Gasteiger partial charge in [-0.25, -0.2) is 0 Å². The van der Waals surface area contributed by atoms with Crippen LogP contribution in [-0.4, -0.2) is 12.1 Å². The van der Waals surface area contributed by atoms with Crippen LogP contribution < -0.4 is 5.32 Å². The lowest BCUT2D eigenvalue weighted by molar-refractivity contribution is 0.395. The van der Waals surface area contributed by atoms with E-state index in [1.165, 1.54) is 55.0 Å². The third-order valence-electron chi connectivity index (χ3n) is 4.25. The molecule has 1 aromatic carbocycles. The first kappa shape index (κ1) is 11.7. The summed E-state index contributed by atoms with van der Waals surface area (Å²) in [6.45, 7) is 0. The van der Waals surface area contributed by atoms with Gasteiger partial charge in [0.05, 0.1) is 0 Å². The Morgan fingerprint density at radius 1 is 1.06 bits per heavy atom. The van der Waals surface area contributed by atoms with Crippen LogP contribution in [0.4, 0.5) is 0 Å². The Kier molecular flexibility index (Phi) is 3.53. The minimum Gasteiger partial charge on any atom is -0.311 e. The normalized spacial score (nSPS) is 24.9. The molecule has 0 spiro atoms. The van der Waals surface area contributed by atoms with Gasteiger partial charge in [-0.2, -0.15) is 0 Å². The van der Waals surface area contributed by atoms with E-state index < -0.39 is 0 Å². The lowest BCUT2D eigenvalue weighted by Gasteiger charge is -2.28. The van der Waals surface area contributed by atoms with Crippen LogP contribution in [0.15, 0.2) is 22.7 Å². The number of rotatable bonds is 2. The van der Waals surface area contributed by atoms with Crippen LogP contribution >= 0.6 is 15.9 Å². The van der Waals surface area contributed by atoms with Crippen molar-refractivity contribution in [3.63, 3.8) is 0 Å². The Hall–Kier alpha value is -0.340. The molecule has 2 aliphatic rings. The molecule has 0 saturated heterocycles. The van der Waals surface area contributed by atoms with Gasteiger partial charge < -0.3 is 5.32 Å². The molecule has 0 aliphatic heterocycles. The fraction of sp³-hybridized carbons (Fsp3) is 0.600. The van der Waals surface area contributed by atoms with Gasteiger partial charge in [-0.3, -0.25) is 0 Å². The molecule has 1 saturated carbocycles. The highest BCUT2D eigenvalue weighted by Crippen LogP contribution is 2.29. The van der Waals surface area contributed by atoms with Gasteiger partial charge in [0.25, 0.3) is 0 Å². The van der Waals surface area contributed by atoms with Crippen LogP contribution in [0.2, 0.25) is 0 Å².